The molecule has 1 amide bonds. The summed E-state index contributed by atoms with van der Waals surface area (Å²) < 4.78 is 1.82. The van der Waals surface area contributed by atoms with Crippen molar-refractivity contribution in [3.05, 3.63) is 21.0 Å². The van der Waals surface area contributed by atoms with Gasteiger partial charge in [-0.15, -0.1) is 0 Å². The van der Waals surface area contributed by atoms with Crippen LogP contribution in [-0.2, 0) is 11.3 Å². The monoisotopic (exact) mass is 300 g/mol. The van der Waals surface area contributed by atoms with Crippen molar-refractivity contribution < 1.29 is 4.79 Å². The maximum atomic E-state index is 11.8. The van der Waals surface area contributed by atoms with E-state index in [0.717, 1.165) is 0 Å². The van der Waals surface area contributed by atoms with Gasteiger partial charge in [-0.05, 0) is 22.9 Å². The van der Waals surface area contributed by atoms with Gasteiger partial charge in [0.05, 0.1) is 17.9 Å². The molecule has 7 heteroatoms. The van der Waals surface area contributed by atoms with Gasteiger partial charge in [-0.25, -0.2) is 4.68 Å². The zero-order chi connectivity index (χ0) is 12.4. The molecule has 0 spiro atoms. The van der Waals surface area contributed by atoms with Gasteiger partial charge in [-0.1, -0.05) is 0 Å². The minimum Gasteiger partial charge on any atom is -0.378 e. The Morgan fingerprint density at radius 3 is 3.00 bits per heavy atom. The number of hydrogen-bond donors (Lipinski definition) is 2. The van der Waals surface area contributed by atoms with Gasteiger partial charge in [-0.2, -0.15) is 5.10 Å². The van der Waals surface area contributed by atoms with Gasteiger partial charge in [0, 0.05) is 19.5 Å². The van der Waals surface area contributed by atoms with Crippen LogP contribution in [0.3, 0.4) is 0 Å². The van der Waals surface area contributed by atoms with Crippen molar-refractivity contribution in [3.8, 4) is 0 Å². The molecule has 1 aliphatic rings. The number of nitrogens with zero attached hydrogens (tertiary/aromatic N) is 2. The summed E-state index contributed by atoms with van der Waals surface area (Å²) in [5.74, 6) is 0.0217. The number of aromatic nitrogens is 2. The number of carbonyl (C=O) groups excluding carboxylic acids is 1. The number of halogens is 1. The van der Waals surface area contributed by atoms with E-state index in [1.807, 2.05) is 6.92 Å². The van der Waals surface area contributed by atoms with Crippen LogP contribution >= 0.6 is 15.9 Å². The molecule has 0 radical (unpaired) electrons. The fourth-order valence-corrected chi connectivity index (χ4v) is 2.14. The van der Waals surface area contributed by atoms with Gasteiger partial charge in [0.2, 0.25) is 5.91 Å². The molecule has 92 valence electrons. The molecular formula is C10H13BrN4O2. The summed E-state index contributed by atoms with van der Waals surface area (Å²) in [4.78, 5) is 22.8. The number of carbonyl (C=O) groups is 1. The van der Waals surface area contributed by atoms with Crippen LogP contribution in [0, 0.1) is 0 Å². The van der Waals surface area contributed by atoms with E-state index in [-0.39, 0.29) is 17.5 Å². The second-order valence-electron chi connectivity index (χ2n) is 3.84. The summed E-state index contributed by atoms with van der Waals surface area (Å²) in [7, 11) is 0. The lowest BCUT2D eigenvalue weighted by molar-refractivity contribution is -0.119. The molecular weight excluding hydrogens is 288 g/mol. The number of rotatable bonds is 3. The van der Waals surface area contributed by atoms with Gasteiger partial charge in [0.25, 0.3) is 5.56 Å². The second kappa shape index (κ2) is 4.87. The summed E-state index contributed by atoms with van der Waals surface area (Å²) in [6, 6.07) is 0.0116. The first-order valence-electron chi connectivity index (χ1n) is 5.40. The van der Waals surface area contributed by atoms with Crippen LogP contribution in [0.15, 0.2) is 15.5 Å². The molecule has 0 saturated carbocycles. The highest BCUT2D eigenvalue weighted by Crippen LogP contribution is 2.18. The molecule has 2 rings (SSSR count). The van der Waals surface area contributed by atoms with Crippen LogP contribution < -0.4 is 16.2 Å². The Labute approximate surface area is 107 Å². The highest BCUT2D eigenvalue weighted by molar-refractivity contribution is 9.10. The number of aryl methyl sites for hydroxylation is 1. The number of anilines is 1. The molecule has 17 heavy (non-hydrogen) atoms. The standard InChI is InChI=1S/C10H13BrN4O2/c1-2-15-10(17)9(11)7(5-13-15)14-6-3-8(16)12-4-6/h5-6,14H,2-4H2,1H3,(H,12,16). The fourth-order valence-electron chi connectivity index (χ4n) is 1.72. The van der Waals surface area contributed by atoms with Gasteiger partial charge in [0.1, 0.15) is 4.47 Å². The molecule has 1 aromatic rings. The Morgan fingerprint density at radius 2 is 2.41 bits per heavy atom. The van der Waals surface area contributed by atoms with E-state index in [0.29, 0.717) is 29.7 Å². The summed E-state index contributed by atoms with van der Waals surface area (Å²) >= 11 is 3.25. The average Bonchev–Trinajstić information content (AvgIpc) is 2.71. The van der Waals surface area contributed by atoms with Crippen LogP contribution in [0.2, 0.25) is 0 Å². The minimum absolute atomic E-state index is 0.0116. The summed E-state index contributed by atoms with van der Waals surface area (Å²) in [6.45, 7) is 2.96. The topological polar surface area (TPSA) is 76.0 Å². The predicted molar refractivity (Wildman–Crippen MR) is 66.9 cm³/mol. The van der Waals surface area contributed by atoms with Crippen molar-refractivity contribution in [1.82, 2.24) is 15.1 Å². The summed E-state index contributed by atoms with van der Waals surface area (Å²) in [6.07, 6.45) is 2.01. The first-order valence-corrected chi connectivity index (χ1v) is 6.20. The van der Waals surface area contributed by atoms with E-state index < -0.39 is 0 Å². The average molecular weight is 301 g/mol. The third kappa shape index (κ3) is 2.49. The normalized spacial score (nSPS) is 19.2. The lowest BCUT2D eigenvalue weighted by Gasteiger charge is -2.13. The predicted octanol–water partition coefficient (Wildman–Crippen LogP) is 0.326. The van der Waals surface area contributed by atoms with Crippen LogP contribution in [0.25, 0.3) is 0 Å². The molecule has 0 aliphatic carbocycles. The Bertz CT molecular complexity index is 500. The molecule has 1 atom stereocenters. The SMILES string of the molecule is CCn1ncc(NC2CNC(=O)C2)c(Br)c1=O. The van der Waals surface area contributed by atoms with Gasteiger partial charge in [-0.3, -0.25) is 9.59 Å². The lowest BCUT2D eigenvalue weighted by Crippen LogP contribution is -2.27. The molecule has 6 nitrogen and oxygen atoms in total. The van der Waals surface area contributed by atoms with Crippen LogP contribution in [0.5, 0.6) is 0 Å². The summed E-state index contributed by atoms with van der Waals surface area (Å²) in [5, 5.41) is 9.88. The zero-order valence-electron chi connectivity index (χ0n) is 9.36. The maximum Gasteiger partial charge on any atom is 0.283 e. The lowest BCUT2D eigenvalue weighted by atomic mass is 10.2. The maximum absolute atomic E-state index is 11.8. The molecule has 0 aromatic carbocycles. The Kier molecular flexibility index (Phi) is 3.46. The fraction of sp³-hybridized carbons (Fsp3) is 0.500. The van der Waals surface area contributed by atoms with Gasteiger partial charge >= 0.3 is 0 Å². The Balaban J connectivity index is 2.19. The van der Waals surface area contributed by atoms with E-state index in [1.165, 1.54) is 4.68 Å². The van der Waals surface area contributed by atoms with Crippen LogP contribution in [0.1, 0.15) is 13.3 Å². The molecule has 0 bridgehead atoms. The van der Waals surface area contributed by atoms with Crippen molar-refractivity contribution >= 4 is 27.5 Å². The first kappa shape index (κ1) is 12.1. The van der Waals surface area contributed by atoms with Crippen molar-refractivity contribution in [2.24, 2.45) is 0 Å². The van der Waals surface area contributed by atoms with Crippen LogP contribution in [-0.4, -0.2) is 28.3 Å². The van der Waals surface area contributed by atoms with Crippen molar-refractivity contribution in [2.75, 3.05) is 11.9 Å². The molecule has 1 aliphatic heterocycles. The van der Waals surface area contributed by atoms with Crippen molar-refractivity contribution in [2.45, 2.75) is 25.9 Å². The summed E-state index contributed by atoms with van der Waals surface area (Å²) in [5.41, 5.74) is 0.455. The highest BCUT2D eigenvalue weighted by atomic mass is 79.9. The van der Waals surface area contributed by atoms with E-state index >= 15 is 0 Å². The van der Waals surface area contributed by atoms with Crippen molar-refractivity contribution in [1.29, 1.82) is 0 Å². The van der Waals surface area contributed by atoms with E-state index in [9.17, 15) is 9.59 Å². The Morgan fingerprint density at radius 1 is 1.65 bits per heavy atom. The molecule has 1 unspecified atom stereocenters. The van der Waals surface area contributed by atoms with Gasteiger partial charge in [0.15, 0.2) is 0 Å². The smallest absolute Gasteiger partial charge is 0.283 e. The number of nitrogens with one attached hydrogen (secondary N) is 2. The van der Waals surface area contributed by atoms with Crippen LogP contribution in [0.4, 0.5) is 5.69 Å². The molecule has 2 N–H and O–H groups in total. The zero-order valence-corrected chi connectivity index (χ0v) is 11.0. The molecule has 1 saturated heterocycles. The quantitative estimate of drug-likeness (QED) is 0.843. The van der Waals surface area contributed by atoms with E-state index in [1.54, 1.807) is 6.20 Å². The largest absolute Gasteiger partial charge is 0.378 e. The molecule has 1 fully saturated rings. The number of amides is 1. The minimum atomic E-state index is -0.171. The van der Waals surface area contributed by atoms with E-state index in [2.05, 4.69) is 31.7 Å². The van der Waals surface area contributed by atoms with E-state index in [4.69, 9.17) is 0 Å². The molecule has 2 heterocycles. The number of hydrogen-bond acceptors (Lipinski definition) is 4. The molecule has 1 aromatic heterocycles. The van der Waals surface area contributed by atoms with Gasteiger partial charge < -0.3 is 10.6 Å². The Hall–Kier alpha value is -1.37. The third-order valence-corrected chi connectivity index (χ3v) is 3.39. The first-order chi connectivity index (χ1) is 8.11. The second-order valence-corrected chi connectivity index (χ2v) is 4.64. The van der Waals surface area contributed by atoms with Crippen molar-refractivity contribution in [3.63, 3.8) is 0 Å². The third-order valence-electron chi connectivity index (χ3n) is 2.62. The highest BCUT2D eigenvalue weighted by Gasteiger charge is 2.22.